The fourth-order valence-electron chi connectivity index (χ4n) is 2.41. The highest BCUT2D eigenvalue weighted by Crippen LogP contribution is 2.35. The van der Waals surface area contributed by atoms with E-state index in [1.807, 2.05) is 6.92 Å². The number of nitrogens with zero attached hydrogens (tertiary/aromatic N) is 1. The average Bonchev–Trinajstić information content (AvgIpc) is 2.22. The number of aromatic nitrogens is 1. The van der Waals surface area contributed by atoms with Crippen molar-refractivity contribution < 1.29 is 0 Å². The van der Waals surface area contributed by atoms with E-state index in [0.29, 0.717) is 5.92 Å². The SMILES string of the molecule is Cc1nc2c(C)ccc(C)c2c(Cl)c1C(C)C. The molecule has 0 fully saturated rings. The van der Waals surface area contributed by atoms with E-state index >= 15 is 0 Å². The number of hydrogen-bond acceptors (Lipinski definition) is 1. The molecule has 1 aromatic carbocycles. The lowest BCUT2D eigenvalue weighted by molar-refractivity contribution is 0.848. The van der Waals surface area contributed by atoms with E-state index in [-0.39, 0.29) is 0 Å². The van der Waals surface area contributed by atoms with Crippen LogP contribution in [0.4, 0.5) is 0 Å². The van der Waals surface area contributed by atoms with Crippen LogP contribution in [-0.2, 0) is 0 Å². The summed E-state index contributed by atoms with van der Waals surface area (Å²) in [4.78, 5) is 4.73. The van der Waals surface area contributed by atoms with Gasteiger partial charge in [0.15, 0.2) is 0 Å². The van der Waals surface area contributed by atoms with Crippen LogP contribution in [0.15, 0.2) is 12.1 Å². The molecular formula is C15H18ClN. The third kappa shape index (κ3) is 1.93. The van der Waals surface area contributed by atoms with Crippen molar-refractivity contribution in [3.8, 4) is 0 Å². The lowest BCUT2D eigenvalue weighted by Gasteiger charge is -2.16. The summed E-state index contributed by atoms with van der Waals surface area (Å²) in [6.07, 6.45) is 0. The molecule has 90 valence electrons. The second-order valence-electron chi connectivity index (χ2n) is 5.00. The Labute approximate surface area is 108 Å². The molecule has 0 aliphatic heterocycles. The summed E-state index contributed by atoms with van der Waals surface area (Å²) >= 11 is 6.58. The minimum atomic E-state index is 0.402. The molecule has 0 bridgehead atoms. The molecule has 2 heteroatoms. The molecule has 0 aliphatic rings. The predicted molar refractivity (Wildman–Crippen MR) is 75.1 cm³/mol. The standard InChI is InChI=1S/C15H18ClN/c1-8(2)12-11(5)17-15-10(4)7-6-9(3)13(15)14(12)16/h6-8H,1-5H3. The van der Waals surface area contributed by atoms with E-state index in [2.05, 4.69) is 39.8 Å². The molecule has 0 unspecified atom stereocenters. The highest BCUT2D eigenvalue weighted by Gasteiger charge is 2.16. The largest absolute Gasteiger partial charge is 0.252 e. The number of pyridine rings is 1. The Hall–Kier alpha value is -1.08. The monoisotopic (exact) mass is 247 g/mol. The molecule has 0 radical (unpaired) electrons. The Balaban J connectivity index is 2.97. The molecular weight excluding hydrogens is 230 g/mol. The summed E-state index contributed by atoms with van der Waals surface area (Å²) in [6, 6.07) is 4.22. The zero-order valence-corrected chi connectivity index (χ0v) is 11.8. The van der Waals surface area contributed by atoms with Gasteiger partial charge >= 0.3 is 0 Å². The number of hydrogen-bond donors (Lipinski definition) is 0. The Morgan fingerprint density at radius 2 is 1.65 bits per heavy atom. The van der Waals surface area contributed by atoms with Crippen LogP contribution in [0.3, 0.4) is 0 Å². The third-order valence-corrected chi connectivity index (χ3v) is 3.68. The van der Waals surface area contributed by atoms with Crippen molar-refractivity contribution in [1.82, 2.24) is 4.98 Å². The fraction of sp³-hybridized carbons (Fsp3) is 0.400. The Kier molecular flexibility index (Phi) is 3.13. The molecule has 0 spiro atoms. The van der Waals surface area contributed by atoms with E-state index in [9.17, 15) is 0 Å². The zero-order valence-electron chi connectivity index (χ0n) is 11.1. The Bertz CT molecular complexity index is 585. The summed E-state index contributed by atoms with van der Waals surface area (Å²) in [5.41, 5.74) is 5.65. The van der Waals surface area contributed by atoms with Gasteiger partial charge in [-0.05, 0) is 43.4 Å². The van der Waals surface area contributed by atoms with Gasteiger partial charge in [-0.25, -0.2) is 0 Å². The van der Waals surface area contributed by atoms with Gasteiger partial charge in [-0.2, -0.15) is 0 Å². The van der Waals surface area contributed by atoms with Crippen molar-refractivity contribution in [1.29, 1.82) is 0 Å². The first kappa shape index (κ1) is 12.4. The smallest absolute Gasteiger partial charge is 0.0752 e. The van der Waals surface area contributed by atoms with E-state index in [1.54, 1.807) is 0 Å². The summed E-state index contributed by atoms with van der Waals surface area (Å²) in [6.45, 7) is 10.5. The van der Waals surface area contributed by atoms with Gasteiger partial charge in [0.1, 0.15) is 0 Å². The van der Waals surface area contributed by atoms with Gasteiger partial charge in [-0.1, -0.05) is 37.6 Å². The van der Waals surface area contributed by atoms with E-state index in [0.717, 1.165) is 21.6 Å². The van der Waals surface area contributed by atoms with Crippen molar-refractivity contribution in [2.45, 2.75) is 40.5 Å². The summed E-state index contributed by atoms with van der Waals surface area (Å²) in [5, 5.41) is 1.99. The minimum Gasteiger partial charge on any atom is -0.252 e. The van der Waals surface area contributed by atoms with Crippen LogP contribution in [0.1, 0.15) is 42.1 Å². The van der Waals surface area contributed by atoms with Crippen LogP contribution >= 0.6 is 11.6 Å². The van der Waals surface area contributed by atoms with Gasteiger partial charge in [0.25, 0.3) is 0 Å². The number of halogens is 1. The molecule has 2 rings (SSSR count). The van der Waals surface area contributed by atoms with Gasteiger partial charge in [-0.3, -0.25) is 4.98 Å². The van der Waals surface area contributed by atoms with Crippen LogP contribution in [-0.4, -0.2) is 4.98 Å². The van der Waals surface area contributed by atoms with Crippen molar-refractivity contribution in [2.75, 3.05) is 0 Å². The van der Waals surface area contributed by atoms with Crippen molar-refractivity contribution in [3.63, 3.8) is 0 Å². The van der Waals surface area contributed by atoms with Crippen LogP contribution in [0.5, 0.6) is 0 Å². The van der Waals surface area contributed by atoms with Crippen LogP contribution in [0, 0.1) is 20.8 Å². The lowest BCUT2D eigenvalue weighted by Crippen LogP contribution is -2.00. The average molecular weight is 248 g/mol. The summed E-state index contributed by atoms with van der Waals surface area (Å²) in [7, 11) is 0. The maximum atomic E-state index is 6.58. The molecule has 0 atom stereocenters. The molecule has 17 heavy (non-hydrogen) atoms. The van der Waals surface area contributed by atoms with Gasteiger partial charge in [-0.15, -0.1) is 0 Å². The van der Waals surface area contributed by atoms with E-state index in [1.165, 1.54) is 16.7 Å². The lowest BCUT2D eigenvalue weighted by atomic mass is 9.96. The second-order valence-corrected chi connectivity index (χ2v) is 5.38. The van der Waals surface area contributed by atoms with E-state index in [4.69, 9.17) is 16.6 Å². The van der Waals surface area contributed by atoms with Gasteiger partial charge in [0, 0.05) is 11.1 Å². The molecule has 1 heterocycles. The predicted octanol–water partition coefficient (Wildman–Crippen LogP) is 4.94. The van der Waals surface area contributed by atoms with Gasteiger partial charge in [0.2, 0.25) is 0 Å². The maximum Gasteiger partial charge on any atom is 0.0752 e. The summed E-state index contributed by atoms with van der Waals surface area (Å²) in [5.74, 6) is 0.402. The van der Waals surface area contributed by atoms with Crippen molar-refractivity contribution in [2.24, 2.45) is 0 Å². The normalized spacial score (nSPS) is 11.5. The molecule has 0 amide bonds. The fourth-order valence-corrected chi connectivity index (χ4v) is 3.00. The molecule has 0 saturated carbocycles. The molecule has 0 N–H and O–H groups in total. The first-order chi connectivity index (χ1) is 7.93. The molecule has 1 nitrogen and oxygen atoms in total. The first-order valence-electron chi connectivity index (χ1n) is 5.99. The summed E-state index contributed by atoms with van der Waals surface area (Å²) < 4.78 is 0. The quantitative estimate of drug-likeness (QED) is 0.696. The maximum absolute atomic E-state index is 6.58. The van der Waals surface area contributed by atoms with Crippen molar-refractivity contribution in [3.05, 3.63) is 39.5 Å². The van der Waals surface area contributed by atoms with Crippen LogP contribution in [0.2, 0.25) is 5.02 Å². The Morgan fingerprint density at radius 3 is 2.24 bits per heavy atom. The number of benzene rings is 1. The number of fused-ring (bicyclic) bond motifs is 1. The first-order valence-corrected chi connectivity index (χ1v) is 6.37. The molecule has 2 aromatic rings. The van der Waals surface area contributed by atoms with Crippen molar-refractivity contribution >= 4 is 22.5 Å². The topological polar surface area (TPSA) is 12.9 Å². The molecule has 1 aromatic heterocycles. The van der Waals surface area contributed by atoms with Crippen LogP contribution in [0.25, 0.3) is 10.9 Å². The third-order valence-electron chi connectivity index (χ3n) is 3.29. The van der Waals surface area contributed by atoms with Gasteiger partial charge in [0.05, 0.1) is 10.5 Å². The molecule has 0 aliphatic carbocycles. The van der Waals surface area contributed by atoms with Crippen LogP contribution < -0.4 is 0 Å². The highest BCUT2D eigenvalue weighted by atomic mass is 35.5. The minimum absolute atomic E-state index is 0.402. The number of aryl methyl sites for hydroxylation is 3. The highest BCUT2D eigenvalue weighted by molar-refractivity contribution is 6.36. The number of rotatable bonds is 1. The van der Waals surface area contributed by atoms with E-state index < -0.39 is 0 Å². The Morgan fingerprint density at radius 1 is 1.06 bits per heavy atom. The van der Waals surface area contributed by atoms with Gasteiger partial charge < -0.3 is 0 Å². The second kappa shape index (κ2) is 4.30. The zero-order chi connectivity index (χ0) is 12.7. The molecule has 0 saturated heterocycles.